The topological polar surface area (TPSA) is 78.9 Å². The van der Waals surface area contributed by atoms with Gasteiger partial charge >= 0.3 is 0 Å². The van der Waals surface area contributed by atoms with Gasteiger partial charge in [0, 0.05) is 29.3 Å². The zero-order valence-corrected chi connectivity index (χ0v) is 20.1. The van der Waals surface area contributed by atoms with Gasteiger partial charge < -0.3 is 14.4 Å². The number of aromatic nitrogens is 1. The SMILES string of the molecule is CSOOc1ccc(C(=CC2CCCC2)C(=O)Nc2nc(C3COC(C)(C)O3)cs2)cc1. The molecule has 1 aromatic carbocycles. The first-order valence-corrected chi connectivity index (χ1v) is 12.7. The number of benzene rings is 1. The van der Waals surface area contributed by atoms with Crippen molar-refractivity contribution in [2.75, 3.05) is 18.2 Å². The van der Waals surface area contributed by atoms with Crippen LogP contribution in [0.15, 0.2) is 35.7 Å². The molecule has 1 N–H and O–H groups in total. The Morgan fingerprint density at radius 2 is 2.03 bits per heavy atom. The molecule has 0 spiro atoms. The van der Waals surface area contributed by atoms with E-state index < -0.39 is 5.79 Å². The number of anilines is 1. The molecule has 2 heterocycles. The van der Waals surface area contributed by atoms with Crippen LogP contribution < -0.4 is 10.2 Å². The van der Waals surface area contributed by atoms with E-state index in [2.05, 4.69) is 16.4 Å². The molecule has 7 nitrogen and oxygen atoms in total. The molecule has 0 radical (unpaired) electrons. The molecule has 1 amide bonds. The lowest BCUT2D eigenvalue weighted by atomic mass is 9.98. The van der Waals surface area contributed by atoms with E-state index in [1.165, 1.54) is 24.2 Å². The van der Waals surface area contributed by atoms with Crippen LogP contribution in [0.1, 0.15) is 56.9 Å². The van der Waals surface area contributed by atoms with Gasteiger partial charge in [-0.15, -0.1) is 15.7 Å². The normalized spacial score (nSPS) is 21.1. The Balaban J connectivity index is 1.49. The Labute approximate surface area is 196 Å². The van der Waals surface area contributed by atoms with Gasteiger partial charge in [0.2, 0.25) is 0 Å². The van der Waals surface area contributed by atoms with E-state index in [1.807, 2.05) is 31.4 Å². The van der Waals surface area contributed by atoms with Crippen LogP contribution in [0.5, 0.6) is 5.75 Å². The lowest BCUT2D eigenvalue weighted by Gasteiger charge is -2.16. The highest BCUT2D eigenvalue weighted by Gasteiger charge is 2.35. The summed E-state index contributed by atoms with van der Waals surface area (Å²) in [6.45, 7) is 4.21. The van der Waals surface area contributed by atoms with Gasteiger partial charge in [0.1, 0.15) is 6.10 Å². The molecule has 1 saturated heterocycles. The average molecular weight is 477 g/mol. The van der Waals surface area contributed by atoms with Crippen molar-refractivity contribution in [3.63, 3.8) is 0 Å². The summed E-state index contributed by atoms with van der Waals surface area (Å²) in [6, 6.07) is 7.33. The second-order valence-corrected chi connectivity index (χ2v) is 9.64. The Kier molecular flexibility index (Phi) is 7.52. The first-order chi connectivity index (χ1) is 15.4. The zero-order chi connectivity index (χ0) is 22.6. The van der Waals surface area contributed by atoms with Gasteiger partial charge in [0.25, 0.3) is 5.91 Å². The molecule has 2 fully saturated rings. The van der Waals surface area contributed by atoms with Crippen LogP contribution in [0.4, 0.5) is 5.13 Å². The Morgan fingerprint density at radius 3 is 2.69 bits per heavy atom. The van der Waals surface area contributed by atoms with Crippen LogP contribution in [0, 0.1) is 5.92 Å². The molecule has 4 rings (SSSR count). The number of nitrogens with zero attached hydrogens (tertiary/aromatic N) is 1. The smallest absolute Gasteiger partial charge is 0.257 e. The summed E-state index contributed by atoms with van der Waals surface area (Å²) in [6.07, 6.45) is 8.26. The largest absolute Gasteiger partial charge is 0.347 e. The molecule has 0 bridgehead atoms. The van der Waals surface area contributed by atoms with Crippen molar-refractivity contribution in [3.8, 4) is 5.75 Å². The molecule has 1 aromatic heterocycles. The van der Waals surface area contributed by atoms with Crippen LogP contribution in [-0.4, -0.2) is 29.5 Å². The zero-order valence-electron chi connectivity index (χ0n) is 18.5. The van der Waals surface area contributed by atoms with Crippen molar-refractivity contribution in [3.05, 3.63) is 47.0 Å². The quantitative estimate of drug-likeness (QED) is 0.224. The molecule has 1 atom stereocenters. The predicted molar refractivity (Wildman–Crippen MR) is 126 cm³/mol. The monoisotopic (exact) mass is 476 g/mol. The van der Waals surface area contributed by atoms with Crippen molar-refractivity contribution in [2.24, 2.45) is 5.92 Å². The summed E-state index contributed by atoms with van der Waals surface area (Å²) >= 11 is 2.51. The maximum absolute atomic E-state index is 13.3. The minimum Gasteiger partial charge on any atom is -0.347 e. The van der Waals surface area contributed by atoms with Crippen molar-refractivity contribution in [1.29, 1.82) is 0 Å². The first-order valence-electron chi connectivity index (χ1n) is 10.7. The highest BCUT2D eigenvalue weighted by atomic mass is 32.2. The number of thiazole rings is 1. The Hall–Kier alpha value is -1.91. The molecule has 1 aliphatic carbocycles. The number of amides is 1. The summed E-state index contributed by atoms with van der Waals surface area (Å²) in [5, 5.41) is 5.42. The molecule has 9 heteroatoms. The van der Waals surface area contributed by atoms with Gasteiger partial charge in [-0.05, 0) is 50.3 Å². The fourth-order valence-electron chi connectivity index (χ4n) is 3.91. The van der Waals surface area contributed by atoms with E-state index in [0.29, 0.717) is 29.0 Å². The van der Waals surface area contributed by atoms with E-state index in [1.54, 1.807) is 18.4 Å². The molecule has 2 aliphatic rings. The van der Waals surface area contributed by atoms with Crippen LogP contribution >= 0.6 is 23.4 Å². The maximum atomic E-state index is 13.3. The van der Waals surface area contributed by atoms with Gasteiger partial charge in [-0.25, -0.2) is 4.98 Å². The first kappa shape index (κ1) is 23.3. The van der Waals surface area contributed by atoms with Gasteiger partial charge in [-0.2, -0.15) is 0 Å². The molecular weight excluding hydrogens is 448 g/mol. The van der Waals surface area contributed by atoms with E-state index in [4.69, 9.17) is 18.7 Å². The highest BCUT2D eigenvalue weighted by Crippen LogP contribution is 2.35. The average Bonchev–Trinajstić information content (AvgIpc) is 3.52. The summed E-state index contributed by atoms with van der Waals surface area (Å²) in [4.78, 5) is 23.0. The summed E-state index contributed by atoms with van der Waals surface area (Å²) in [5.74, 6) is 0.196. The van der Waals surface area contributed by atoms with E-state index in [-0.39, 0.29) is 12.0 Å². The molecule has 1 aliphatic heterocycles. The highest BCUT2D eigenvalue weighted by molar-refractivity contribution is 7.93. The number of hydrogen-bond donors (Lipinski definition) is 1. The summed E-state index contributed by atoms with van der Waals surface area (Å²) in [5.41, 5.74) is 2.25. The van der Waals surface area contributed by atoms with Crippen molar-refractivity contribution >= 4 is 40.0 Å². The van der Waals surface area contributed by atoms with Gasteiger partial charge in [0.15, 0.2) is 16.7 Å². The minimum absolute atomic E-state index is 0.171. The number of carbonyl (C=O) groups excluding carboxylic acids is 1. The minimum atomic E-state index is -0.619. The number of rotatable bonds is 8. The Morgan fingerprint density at radius 1 is 1.28 bits per heavy atom. The Bertz CT molecular complexity index is 952. The maximum Gasteiger partial charge on any atom is 0.257 e. The number of carbonyl (C=O) groups is 1. The lowest BCUT2D eigenvalue weighted by Crippen LogP contribution is -2.19. The molecule has 1 unspecified atom stereocenters. The third-order valence-electron chi connectivity index (χ3n) is 5.49. The fraction of sp³-hybridized carbons (Fsp3) is 0.478. The number of ether oxygens (including phenoxy) is 2. The number of nitrogens with one attached hydrogen (secondary N) is 1. The van der Waals surface area contributed by atoms with Crippen LogP contribution in [0.3, 0.4) is 0 Å². The third kappa shape index (κ3) is 5.90. The lowest BCUT2D eigenvalue weighted by molar-refractivity contribution is -0.139. The van der Waals surface area contributed by atoms with Gasteiger partial charge in [-0.3, -0.25) is 10.1 Å². The van der Waals surface area contributed by atoms with Gasteiger partial charge in [-0.1, -0.05) is 31.1 Å². The van der Waals surface area contributed by atoms with Crippen LogP contribution in [-0.2, 0) is 18.6 Å². The summed E-state index contributed by atoms with van der Waals surface area (Å²) in [7, 11) is 0. The second kappa shape index (κ2) is 10.4. The van der Waals surface area contributed by atoms with Crippen molar-refractivity contribution < 1.29 is 23.5 Å². The van der Waals surface area contributed by atoms with Crippen LogP contribution in [0.25, 0.3) is 5.57 Å². The molecule has 1 saturated carbocycles. The number of allylic oxidation sites excluding steroid dienone is 1. The van der Waals surface area contributed by atoms with E-state index >= 15 is 0 Å². The standard InChI is InChI=1S/C23H28N2O5S2/c1-23(2)27-13-20(28-23)19-14-32-22(24-19)25-21(26)18(12-15-6-4-5-7-15)16-8-10-17(11-9-16)29-30-31-3/h8-12,14-15,20H,4-7,13H2,1-3H3,(H,24,25,26). The molecule has 32 heavy (non-hydrogen) atoms. The third-order valence-corrected chi connectivity index (χ3v) is 6.47. The van der Waals surface area contributed by atoms with E-state index in [0.717, 1.165) is 36.1 Å². The second-order valence-electron chi connectivity index (χ2n) is 8.32. The van der Waals surface area contributed by atoms with E-state index in [9.17, 15) is 4.79 Å². The molecular formula is C23H28N2O5S2. The van der Waals surface area contributed by atoms with Crippen molar-refractivity contribution in [1.82, 2.24) is 4.98 Å². The molecule has 172 valence electrons. The van der Waals surface area contributed by atoms with Gasteiger partial charge in [0.05, 0.1) is 12.3 Å². The number of hydrogen-bond acceptors (Lipinski definition) is 8. The predicted octanol–water partition coefficient (Wildman–Crippen LogP) is 5.77. The van der Waals surface area contributed by atoms with Crippen molar-refractivity contribution in [2.45, 2.75) is 51.4 Å². The molecule has 2 aromatic rings. The fourth-order valence-corrected chi connectivity index (χ4v) is 4.81. The summed E-state index contributed by atoms with van der Waals surface area (Å²) < 4.78 is 16.4. The van der Waals surface area contributed by atoms with Crippen LogP contribution in [0.2, 0.25) is 0 Å².